The SMILES string of the molecule is CCCOC(=O)c1ccc(NC(=O)COC(=O)c2cccc(C#N)c2)cc1. The van der Waals surface area contributed by atoms with E-state index >= 15 is 0 Å². The second-order valence-electron chi connectivity index (χ2n) is 5.53. The molecule has 0 radical (unpaired) electrons. The van der Waals surface area contributed by atoms with E-state index in [0.717, 1.165) is 6.42 Å². The van der Waals surface area contributed by atoms with Crippen molar-refractivity contribution in [3.8, 4) is 6.07 Å². The number of ether oxygens (including phenoxy) is 2. The molecule has 1 N–H and O–H groups in total. The van der Waals surface area contributed by atoms with E-state index < -0.39 is 24.5 Å². The quantitative estimate of drug-likeness (QED) is 0.755. The van der Waals surface area contributed by atoms with Gasteiger partial charge >= 0.3 is 11.9 Å². The summed E-state index contributed by atoms with van der Waals surface area (Å²) < 4.78 is 9.95. The van der Waals surface area contributed by atoms with Crippen molar-refractivity contribution in [2.45, 2.75) is 13.3 Å². The number of benzene rings is 2. The first-order valence-corrected chi connectivity index (χ1v) is 8.27. The number of carbonyl (C=O) groups excluding carboxylic acids is 3. The Labute approximate surface area is 156 Å². The van der Waals surface area contributed by atoms with Crippen LogP contribution in [0.4, 0.5) is 5.69 Å². The maximum atomic E-state index is 11.9. The zero-order valence-corrected chi connectivity index (χ0v) is 14.7. The Bertz CT molecular complexity index is 869. The van der Waals surface area contributed by atoms with Gasteiger partial charge < -0.3 is 14.8 Å². The number of esters is 2. The van der Waals surface area contributed by atoms with Crippen molar-refractivity contribution in [1.29, 1.82) is 5.26 Å². The molecule has 2 rings (SSSR count). The average molecular weight is 366 g/mol. The van der Waals surface area contributed by atoms with E-state index in [-0.39, 0.29) is 5.56 Å². The molecule has 7 heteroatoms. The Morgan fingerprint density at radius 1 is 1.00 bits per heavy atom. The van der Waals surface area contributed by atoms with Gasteiger partial charge in [-0.05, 0) is 48.9 Å². The molecule has 27 heavy (non-hydrogen) atoms. The number of nitriles is 1. The van der Waals surface area contributed by atoms with E-state index in [1.807, 2.05) is 13.0 Å². The van der Waals surface area contributed by atoms with Crippen LogP contribution in [0.2, 0.25) is 0 Å². The van der Waals surface area contributed by atoms with E-state index in [1.165, 1.54) is 24.3 Å². The van der Waals surface area contributed by atoms with Crippen molar-refractivity contribution in [2.24, 2.45) is 0 Å². The smallest absolute Gasteiger partial charge is 0.338 e. The van der Waals surface area contributed by atoms with Gasteiger partial charge in [0.05, 0.1) is 29.4 Å². The standard InChI is InChI=1S/C20H18N2O5/c1-2-10-26-19(24)15-6-8-17(9-7-15)22-18(23)13-27-20(25)16-5-3-4-14(11-16)12-21/h3-9,11H,2,10,13H2,1H3,(H,22,23). The third-order valence-electron chi connectivity index (χ3n) is 3.40. The number of hydrogen-bond acceptors (Lipinski definition) is 6. The van der Waals surface area contributed by atoms with Gasteiger partial charge in [0.2, 0.25) is 0 Å². The number of carbonyl (C=O) groups is 3. The van der Waals surface area contributed by atoms with Crippen LogP contribution >= 0.6 is 0 Å². The van der Waals surface area contributed by atoms with Crippen LogP contribution in [0.25, 0.3) is 0 Å². The largest absolute Gasteiger partial charge is 0.462 e. The number of anilines is 1. The van der Waals surface area contributed by atoms with Gasteiger partial charge in [0, 0.05) is 5.69 Å². The molecular weight excluding hydrogens is 348 g/mol. The summed E-state index contributed by atoms with van der Waals surface area (Å²) in [7, 11) is 0. The molecule has 2 aromatic rings. The molecule has 0 aliphatic heterocycles. The second kappa shape index (κ2) is 9.73. The number of nitrogens with zero attached hydrogens (tertiary/aromatic N) is 1. The average Bonchev–Trinajstić information content (AvgIpc) is 2.70. The van der Waals surface area contributed by atoms with Gasteiger partial charge in [-0.2, -0.15) is 5.26 Å². The monoisotopic (exact) mass is 366 g/mol. The summed E-state index contributed by atoms with van der Waals surface area (Å²) >= 11 is 0. The molecule has 0 aliphatic rings. The highest BCUT2D eigenvalue weighted by Gasteiger charge is 2.12. The molecule has 0 aromatic heterocycles. The topological polar surface area (TPSA) is 105 Å². The Kier molecular flexibility index (Phi) is 7.08. The molecule has 7 nitrogen and oxygen atoms in total. The Balaban J connectivity index is 1.85. The molecule has 0 aliphatic carbocycles. The highest BCUT2D eigenvalue weighted by molar-refractivity contribution is 5.96. The molecule has 0 saturated heterocycles. The van der Waals surface area contributed by atoms with Crippen molar-refractivity contribution in [3.63, 3.8) is 0 Å². The Morgan fingerprint density at radius 2 is 1.70 bits per heavy atom. The lowest BCUT2D eigenvalue weighted by Gasteiger charge is -2.08. The molecule has 0 heterocycles. The molecule has 0 spiro atoms. The summed E-state index contributed by atoms with van der Waals surface area (Å²) in [6.45, 7) is 1.77. The molecule has 0 saturated carbocycles. The van der Waals surface area contributed by atoms with Crippen molar-refractivity contribution in [1.82, 2.24) is 0 Å². The zero-order valence-electron chi connectivity index (χ0n) is 14.7. The predicted octanol–water partition coefficient (Wildman–Crippen LogP) is 2.92. The van der Waals surface area contributed by atoms with Gasteiger partial charge in [0.15, 0.2) is 6.61 Å². The first-order chi connectivity index (χ1) is 13.0. The first-order valence-electron chi connectivity index (χ1n) is 8.27. The molecule has 0 atom stereocenters. The fourth-order valence-electron chi connectivity index (χ4n) is 2.09. The van der Waals surface area contributed by atoms with E-state index in [0.29, 0.717) is 23.4 Å². The van der Waals surface area contributed by atoms with Crippen molar-refractivity contribution < 1.29 is 23.9 Å². The highest BCUT2D eigenvalue weighted by atomic mass is 16.5. The zero-order chi connectivity index (χ0) is 19.6. The van der Waals surface area contributed by atoms with Crippen LogP contribution in [0.5, 0.6) is 0 Å². The van der Waals surface area contributed by atoms with E-state index in [1.54, 1.807) is 24.3 Å². The molecule has 0 fully saturated rings. The van der Waals surface area contributed by atoms with Crippen molar-refractivity contribution >= 4 is 23.5 Å². The van der Waals surface area contributed by atoms with Crippen LogP contribution in [-0.4, -0.2) is 31.1 Å². The Hall–Kier alpha value is -3.66. The Morgan fingerprint density at radius 3 is 2.37 bits per heavy atom. The molecule has 0 bridgehead atoms. The normalized spacial score (nSPS) is 9.78. The van der Waals surface area contributed by atoms with Crippen LogP contribution in [0.1, 0.15) is 39.6 Å². The minimum absolute atomic E-state index is 0.191. The minimum Gasteiger partial charge on any atom is -0.462 e. The predicted molar refractivity (Wildman–Crippen MR) is 97.1 cm³/mol. The third kappa shape index (κ3) is 5.97. The van der Waals surface area contributed by atoms with Gasteiger partial charge in [-0.25, -0.2) is 9.59 Å². The van der Waals surface area contributed by atoms with E-state index in [4.69, 9.17) is 14.7 Å². The van der Waals surface area contributed by atoms with Gasteiger partial charge in [-0.15, -0.1) is 0 Å². The lowest BCUT2D eigenvalue weighted by molar-refractivity contribution is -0.119. The summed E-state index contributed by atoms with van der Waals surface area (Å²) in [6, 6.07) is 14.1. The van der Waals surface area contributed by atoms with Gasteiger partial charge in [0.25, 0.3) is 5.91 Å². The maximum absolute atomic E-state index is 11.9. The minimum atomic E-state index is -0.698. The number of amides is 1. The number of rotatable bonds is 7. The lowest BCUT2D eigenvalue weighted by atomic mass is 10.1. The fraction of sp³-hybridized carbons (Fsp3) is 0.200. The second-order valence-corrected chi connectivity index (χ2v) is 5.53. The highest BCUT2D eigenvalue weighted by Crippen LogP contribution is 2.11. The number of nitrogens with one attached hydrogen (secondary N) is 1. The molecular formula is C20H18N2O5. The van der Waals surface area contributed by atoms with Crippen molar-refractivity contribution in [3.05, 3.63) is 65.2 Å². The maximum Gasteiger partial charge on any atom is 0.338 e. The third-order valence-corrected chi connectivity index (χ3v) is 3.40. The molecule has 138 valence electrons. The molecule has 2 aromatic carbocycles. The summed E-state index contributed by atoms with van der Waals surface area (Å²) in [5, 5.41) is 11.4. The van der Waals surface area contributed by atoms with E-state index in [9.17, 15) is 14.4 Å². The van der Waals surface area contributed by atoms with Crippen LogP contribution in [0.3, 0.4) is 0 Å². The van der Waals surface area contributed by atoms with Crippen LogP contribution in [0.15, 0.2) is 48.5 Å². The summed E-state index contributed by atoms with van der Waals surface area (Å²) in [5.41, 5.74) is 1.35. The van der Waals surface area contributed by atoms with Crippen LogP contribution in [0, 0.1) is 11.3 Å². The first kappa shape index (κ1) is 19.7. The van der Waals surface area contributed by atoms with Gasteiger partial charge in [-0.3, -0.25) is 4.79 Å². The van der Waals surface area contributed by atoms with Crippen molar-refractivity contribution in [2.75, 3.05) is 18.5 Å². The van der Waals surface area contributed by atoms with Crippen LogP contribution in [-0.2, 0) is 14.3 Å². The number of hydrogen-bond donors (Lipinski definition) is 1. The summed E-state index contributed by atoms with van der Waals surface area (Å²) in [5.74, 6) is -1.65. The van der Waals surface area contributed by atoms with Gasteiger partial charge in [-0.1, -0.05) is 13.0 Å². The molecule has 0 unspecified atom stereocenters. The lowest BCUT2D eigenvalue weighted by Crippen LogP contribution is -2.21. The van der Waals surface area contributed by atoms with E-state index in [2.05, 4.69) is 5.32 Å². The summed E-state index contributed by atoms with van der Waals surface area (Å²) in [6.07, 6.45) is 0.736. The van der Waals surface area contributed by atoms with Gasteiger partial charge in [0.1, 0.15) is 0 Å². The fourth-order valence-corrected chi connectivity index (χ4v) is 2.09. The molecule has 1 amide bonds. The summed E-state index contributed by atoms with van der Waals surface area (Å²) in [4.78, 5) is 35.5. The van der Waals surface area contributed by atoms with Crippen LogP contribution < -0.4 is 5.32 Å².